The van der Waals surface area contributed by atoms with E-state index in [1.54, 1.807) is 38.5 Å². The van der Waals surface area contributed by atoms with Crippen LogP contribution in [0, 0.1) is 0 Å². The van der Waals surface area contributed by atoms with Crippen LogP contribution in [0.4, 0.5) is 0 Å². The number of hydrogen-bond donors (Lipinski definition) is 2. The van der Waals surface area contributed by atoms with Crippen LogP contribution in [0.2, 0.25) is 0 Å². The monoisotopic (exact) mass is 556 g/mol. The first-order valence-electron chi connectivity index (χ1n) is 14.2. The van der Waals surface area contributed by atoms with E-state index in [1.165, 1.54) is 0 Å². The maximum atomic E-state index is 12.8. The minimum Gasteiger partial charge on any atom is -0.497 e. The molecular weight excluding hydrogens is 512 g/mol. The van der Waals surface area contributed by atoms with Gasteiger partial charge in [0.25, 0.3) is 0 Å². The van der Waals surface area contributed by atoms with Crippen LogP contribution in [0.5, 0.6) is 11.5 Å². The van der Waals surface area contributed by atoms with Crippen LogP contribution in [0.25, 0.3) is 0 Å². The molecule has 1 aliphatic heterocycles. The molecule has 0 saturated carbocycles. The molecular formula is C31H44N2O7. The Bertz CT molecular complexity index is 1010. The molecule has 9 heteroatoms. The van der Waals surface area contributed by atoms with Gasteiger partial charge in [-0.15, -0.1) is 0 Å². The summed E-state index contributed by atoms with van der Waals surface area (Å²) >= 11 is 0. The lowest BCUT2D eigenvalue weighted by atomic mass is 10.0. The molecule has 0 bridgehead atoms. The Morgan fingerprint density at radius 2 is 1.52 bits per heavy atom. The molecule has 0 radical (unpaired) electrons. The Kier molecular flexibility index (Phi) is 13.9. The van der Waals surface area contributed by atoms with Crippen molar-refractivity contribution < 1.29 is 33.6 Å². The van der Waals surface area contributed by atoms with Crippen molar-refractivity contribution in [2.24, 2.45) is 0 Å². The fraction of sp³-hybridized carbons (Fsp3) is 0.548. The van der Waals surface area contributed by atoms with Gasteiger partial charge in [0.1, 0.15) is 24.2 Å². The van der Waals surface area contributed by atoms with E-state index in [0.717, 1.165) is 31.5 Å². The summed E-state index contributed by atoms with van der Waals surface area (Å²) in [5.74, 6) is 1.34. The number of likely N-dealkylation sites (tertiary alicyclic amines) is 1. The summed E-state index contributed by atoms with van der Waals surface area (Å²) in [7, 11) is 3.22. The van der Waals surface area contributed by atoms with Crippen LogP contribution in [0.1, 0.15) is 60.6 Å². The van der Waals surface area contributed by atoms with Gasteiger partial charge in [0.15, 0.2) is 5.78 Å². The predicted molar refractivity (Wildman–Crippen MR) is 153 cm³/mol. The second-order valence-electron chi connectivity index (χ2n) is 10.0. The number of rotatable bonds is 19. The maximum absolute atomic E-state index is 12.8. The van der Waals surface area contributed by atoms with Gasteiger partial charge in [0, 0.05) is 32.1 Å². The average molecular weight is 557 g/mol. The van der Waals surface area contributed by atoms with Gasteiger partial charge in [-0.1, -0.05) is 12.1 Å². The molecule has 1 aliphatic rings. The topological polar surface area (TPSA) is 107 Å². The molecule has 2 aromatic rings. The number of nitrogens with one attached hydrogen (secondary N) is 1. The lowest BCUT2D eigenvalue weighted by Gasteiger charge is -2.29. The van der Waals surface area contributed by atoms with Gasteiger partial charge in [-0.2, -0.15) is 0 Å². The summed E-state index contributed by atoms with van der Waals surface area (Å²) in [6.07, 6.45) is 3.30. The van der Waals surface area contributed by atoms with Crippen molar-refractivity contribution in [2.75, 3.05) is 60.3 Å². The summed E-state index contributed by atoms with van der Waals surface area (Å²) in [4.78, 5) is 27.6. The SMILES string of the molecule is COCCOCCOc1ccc([C@@H](O)[C@@H](CN2CCCC2)NC(=O)CCCCC(=O)c2ccc(OC)cc2)cc1. The molecule has 2 atom stereocenters. The van der Waals surface area contributed by atoms with E-state index >= 15 is 0 Å². The minimum atomic E-state index is -0.854. The van der Waals surface area contributed by atoms with Crippen LogP contribution in [-0.2, 0) is 14.3 Å². The number of hydrogen-bond acceptors (Lipinski definition) is 8. The molecule has 9 nitrogen and oxygen atoms in total. The maximum Gasteiger partial charge on any atom is 0.220 e. The average Bonchev–Trinajstić information content (AvgIpc) is 3.50. The summed E-state index contributed by atoms with van der Waals surface area (Å²) in [5.41, 5.74) is 1.36. The van der Waals surface area contributed by atoms with Crippen LogP contribution in [-0.4, -0.2) is 88.0 Å². The molecule has 0 spiro atoms. The second-order valence-corrected chi connectivity index (χ2v) is 10.0. The van der Waals surface area contributed by atoms with E-state index in [0.29, 0.717) is 75.7 Å². The van der Waals surface area contributed by atoms with E-state index in [2.05, 4.69) is 10.2 Å². The van der Waals surface area contributed by atoms with Gasteiger partial charge in [0.05, 0.1) is 33.0 Å². The second kappa shape index (κ2) is 17.7. The van der Waals surface area contributed by atoms with E-state index in [9.17, 15) is 14.7 Å². The first-order valence-corrected chi connectivity index (χ1v) is 14.2. The Morgan fingerprint density at radius 1 is 0.875 bits per heavy atom. The van der Waals surface area contributed by atoms with Gasteiger partial charge in [-0.3, -0.25) is 9.59 Å². The number of ketones is 1. The van der Waals surface area contributed by atoms with Crippen molar-refractivity contribution in [1.82, 2.24) is 10.2 Å². The highest BCUT2D eigenvalue weighted by atomic mass is 16.5. The third-order valence-corrected chi connectivity index (χ3v) is 7.00. The van der Waals surface area contributed by atoms with Gasteiger partial charge in [-0.25, -0.2) is 0 Å². The number of Topliss-reactive ketones (excluding diaryl/α,β-unsaturated/α-hetero) is 1. The molecule has 1 heterocycles. The number of carbonyl (C=O) groups is 2. The Labute approximate surface area is 237 Å². The van der Waals surface area contributed by atoms with Gasteiger partial charge in [-0.05, 0) is 80.7 Å². The standard InChI is InChI=1S/C31H44N2O7/c1-37-19-20-39-21-22-40-27-15-11-25(12-16-27)31(36)28(23-33-17-5-6-18-33)32-30(35)8-4-3-7-29(34)24-9-13-26(38-2)14-10-24/h9-16,28,31,36H,3-8,17-23H2,1-2H3,(H,32,35)/t28-,31-/m1/s1. The van der Waals surface area contributed by atoms with Crippen molar-refractivity contribution >= 4 is 11.7 Å². The van der Waals surface area contributed by atoms with Crippen molar-refractivity contribution in [3.05, 3.63) is 59.7 Å². The molecule has 40 heavy (non-hydrogen) atoms. The molecule has 0 unspecified atom stereocenters. The lowest BCUT2D eigenvalue weighted by Crippen LogP contribution is -2.46. The quantitative estimate of drug-likeness (QED) is 0.199. The zero-order valence-electron chi connectivity index (χ0n) is 23.8. The molecule has 2 aromatic carbocycles. The number of carbonyl (C=O) groups excluding carboxylic acids is 2. The van der Waals surface area contributed by atoms with Crippen molar-refractivity contribution in [1.29, 1.82) is 0 Å². The Morgan fingerprint density at radius 3 is 2.20 bits per heavy atom. The van der Waals surface area contributed by atoms with Crippen LogP contribution >= 0.6 is 0 Å². The Balaban J connectivity index is 1.46. The highest BCUT2D eigenvalue weighted by Gasteiger charge is 2.26. The van der Waals surface area contributed by atoms with Crippen molar-refractivity contribution in [2.45, 2.75) is 50.7 Å². The third-order valence-electron chi connectivity index (χ3n) is 7.00. The summed E-state index contributed by atoms with van der Waals surface area (Å²) in [6.45, 7) is 4.47. The highest BCUT2D eigenvalue weighted by molar-refractivity contribution is 5.96. The normalized spacial score (nSPS) is 15.0. The van der Waals surface area contributed by atoms with E-state index in [1.807, 2.05) is 24.3 Å². The zero-order chi connectivity index (χ0) is 28.6. The smallest absolute Gasteiger partial charge is 0.220 e. The molecule has 1 fully saturated rings. The number of nitrogens with zero attached hydrogens (tertiary/aromatic N) is 1. The van der Waals surface area contributed by atoms with Gasteiger partial charge < -0.3 is 34.3 Å². The lowest BCUT2D eigenvalue weighted by molar-refractivity contribution is -0.123. The van der Waals surface area contributed by atoms with Crippen LogP contribution in [0.3, 0.4) is 0 Å². The van der Waals surface area contributed by atoms with Gasteiger partial charge in [0.2, 0.25) is 5.91 Å². The number of methoxy groups -OCH3 is 2. The fourth-order valence-corrected chi connectivity index (χ4v) is 4.70. The summed E-state index contributed by atoms with van der Waals surface area (Å²) < 4.78 is 21.2. The first-order chi connectivity index (χ1) is 19.5. The zero-order valence-corrected chi connectivity index (χ0v) is 23.8. The summed E-state index contributed by atoms with van der Waals surface area (Å²) in [5, 5.41) is 14.3. The molecule has 0 aromatic heterocycles. The van der Waals surface area contributed by atoms with Crippen molar-refractivity contribution in [3.63, 3.8) is 0 Å². The first kappa shape index (κ1) is 31.5. The molecule has 3 rings (SSSR count). The van der Waals surface area contributed by atoms with Crippen molar-refractivity contribution in [3.8, 4) is 11.5 Å². The predicted octanol–water partition coefficient (Wildman–Crippen LogP) is 3.79. The van der Waals surface area contributed by atoms with Crippen LogP contribution < -0.4 is 14.8 Å². The molecule has 0 aliphatic carbocycles. The van der Waals surface area contributed by atoms with E-state index < -0.39 is 12.1 Å². The number of amides is 1. The number of ether oxygens (including phenoxy) is 4. The highest BCUT2D eigenvalue weighted by Crippen LogP contribution is 2.23. The van der Waals surface area contributed by atoms with Crippen LogP contribution in [0.15, 0.2) is 48.5 Å². The fourth-order valence-electron chi connectivity index (χ4n) is 4.70. The Hall–Kier alpha value is -2.98. The molecule has 1 saturated heterocycles. The van der Waals surface area contributed by atoms with Gasteiger partial charge >= 0.3 is 0 Å². The number of benzene rings is 2. The number of unbranched alkanes of at least 4 members (excludes halogenated alkanes) is 1. The number of aliphatic hydroxyl groups excluding tert-OH is 1. The van der Waals surface area contributed by atoms with E-state index in [-0.39, 0.29) is 11.7 Å². The molecule has 220 valence electrons. The largest absolute Gasteiger partial charge is 0.497 e. The minimum absolute atomic E-state index is 0.0523. The summed E-state index contributed by atoms with van der Waals surface area (Å²) in [6, 6.07) is 13.9. The molecule has 2 N–H and O–H groups in total. The number of aliphatic hydroxyl groups is 1. The third kappa shape index (κ3) is 10.9. The van der Waals surface area contributed by atoms with E-state index in [4.69, 9.17) is 18.9 Å². The molecule has 1 amide bonds.